The second kappa shape index (κ2) is 5.90. The highest BCUT2D eigenvalue weighted by molar-refractivity contribution is 5.78. The van der Waals surface area contributed by atoms with E-state index in [0.29, 0.717) is 17.9 Å². The van der Waals surface area contributed by atoms with E-state index in [2.05, 4.69) is 0 Å². The van der Waals surface area contributed by atoms with E-state index in [0.717, 1.165) is 6.29 Å². The van der Waals surface area contributed by atoms with E-state index in [4.69, 9.17) is 4.74 Å². The summed E-state index contributed by atoms with van der Waals surface area (Å²) < 4.78 is 5.28. The Morgan fingerprint density at radius 3 is 2.88 bits per heavy atom. The molecule has 4 heteroatoms. The summed E-state index contributed by atoms with van der Waals surface area (Å²) in [5, 5.41) is 0. The minimum atomic E-state index is -0.0843. The van der Waals surface area contributed by atoms with E-state index in [1.54, 1.807) is 36.2 Å². The Labute approximate surface area is 94.8 Å². The van der Waals surface area contributed by atoms with E-state index in [1.807, 2.05) is 6.92 Å². The first-order chi connectivity index (χ1) is 7.67. The van der Waals surface area contributed by atoms with E-state index in [9.17, 15) is 9.59 Å². The molecule has 0 saturated heterocycles. The van der Waals surface area contributed by atoms with Crippen molar-refractivity contribution < 1.29 is 14.3 Å². The number of carbonyl (C=O) groups excluding carboxylic acids is 2. The van der Waals surface area contributed by atoms with Crippen LogP contribution in [-0.4, -0.2) is 37.3 Å². The lowest BCUT2D eigenvalue weighted by Crippen LogP contribution is -2.31. The topological polar surface area (TPSA) is 46.6 Å². The third-order valence-electron chi connectivity index (χ3n) is 2.26. The molecule has 0 atom stereocenters. The van der Waals surface area contributed by atoms with Crippen LogP contribution in [0.4, 0.5) is 0 Å². The Morgan fingerprint density at radius 1 is 1.50 bits per heavy atom. The SMILES string of the molecule is CCN(C)C(=O)COc1cccc(C=O)c1. The highest BCUT2D eigenvalue weighted by atomic mass is 16.5. The Balaban J connectivity index is 2.54. The van der Waals surface area contributed by atoms with Crippen molar-refractivity contribution in [2.45, 2.75) is 6.92 Å². The van der Waals surface area contributed by atoms with Crippen molar-refractivity contribution in [3.05, 3.63) is 29.8 Å². The number of hydrogen-bond acceptors (Lipinski definition) is 3. The van der Waals surface area contributed by atoms with Crippen molar-refractivity contribution in [3.8, 4) is 5.75 Å². The molecule has 0 unspecified atom stereocenters. The van der Waals surface area contributed by atoms with Gasteiger partial charge in [-0.1, -0.05) is 12.1 Å². The summed E-state index contributed by atoms with van der Waals surface area (Å²) in [6.07, 6.45) is 0.743. The molecule has 0 fully saturated rings. The molecule has 0 radical (unpaired) electrons. The van der Waals surface area contributed by atoms with Crippen LogP contribution in [0.3, 0.4) is 0 Å². The summed E-state index contributed by atoms with van der Waals surface area (Å²) >= 11 is 0. The highest BCUT2D eigenvalue weighted by Gasteiger charge is 2.07. The molecule has 0 aliphatic carbocycles. The van der Waals surface area contributed by atoms with Crippen molar-refractivity contribution in [3.63, 3.8) is 0 Å². The van der Waals surface area contributed by atoms with Gasteiger partial charge in [0.15, 0.2) is 6.61 Å². The van der Waals surface area contributed by atoms with Crippen molar-refractivity contribution in [1.82, 2.24) is 4.90 Å². The van der Waals surface area contributed by atoms with Crippen LogP contribution in [-0.2, 0) is 4.79 Å². The van der Waals surface area contributed by atoms with Crippen molar-refractivity contribution in [2.75, 3.05) is 20.2 Å². The number of nitrogens with zero attached hydrogens (tertiary/aromatic N) is 1. The molecule has 0 aliphatic rings. The van der Waals surface area contributed by atoms with Gasteiger partial charge in [-0.3, -0.25) is 9.59 Å². The minimum Gasteiger partial charge on any atom is -0.484 e. The number of aldehydes is 1. The number of benzene rings is 1. The van der Waals surface area contributed by atoms with Gasteiger partial charge in [0.2, 0.25) is 0 Å². The summed E-state index contributed by atoms with van der Waals surface area (Å²) in [6.45, 7) is 2.54. The fourth-order valence-electron chi connectivity index (χ4n) is 1.11. The van der Waals surface area contributed by atoms with Crippen LogP contribution < -0.4 is 4.74 Å². The molecule has 0 aliphatic heterocycles. The van der Waals surface area contributed by atoms with Gasteiger partial charge in [-0.05, 0) is 19.1 Å². The molecule has 1 aromatic rings. The van der Waals surface area contributed by atoms with Crippen molar-refractivity contribution in [1.29, 1.82) is 0 Å². The zero-order chi connectivity index (χ0) is 12.0. The quantitative estimate of drug-likeness (QED) is 0.705. The van der Waals surface area contributed by atoms with E-state index in [1.165, 1.54) is 0 Å². The molecule has 1 amide bonds. The van der Waals surface area contributed by atoms with Crippen molar-refractivity contribution in [2.24, 2.45) is 0 Å². The van der Waals surface area contributed by atoms with Crippen LogP contribution in [0.15, 0.2) is 24.3 Å². The normalized spacial score (nSPS) is 9.62. The number of carbonyl (C=O) groups is 2. The maximum atomic E-state index is 11.4. The molecule has 0 aromatic heterocycles. The molecule has 16 heavy (non-hydrogen) atoms. The van der Waals surface area contributed by atoms with E-state index in [-0.39, 0.29) is 12.5 Å². The summed E-state index contributed by atoms with van der Waals surface area (Å²) in [6, 6.07) is 6.71. The molecule has 0 saturated carbocycles. The monoisotopic (exact) mass is 221 g/mol. The minimum absolute atomic E-state index is 0.00729. The molecule has 0 heterocycles. The lowest BCUT2D eigenvalue weighted by atomic mass is 10.2. The van der Waals surface area contributed by atoms with Gasteiger partial charge in [-0.15, -0.1) is 0 Å². The average Bonchev–Trinajstić information content (AvgIpc) is 2.35. The molecule has 0 spiro atoms. The Bertz CT molecular complexity index is 376. The van der Waals surface area contributed by atoms with Gasteiger partial charge in [0.05, 0.1) is 0 Å². The first kappa shape index (κ1) is 12.2. The van der Waals surface area contributed by atoms with Gasteiger partial charge >= 0.3 is 0 Å². The van der Waals surface area contributed by atoms with Crippen LogP contribution in [0.5, 0.6) is 5.75 Å². The molecule has 1 aromatic carbocycles. The van der Waals surface area contributed by atoms with Gasteiger partial charge in [-0.2, -0.15) is 0 Å². The second-order valence-corrected chi connectivity index (χ2v) is 3.39. The first-order valence-corrected chi connectivity index (χ1v) is 5.09. The number of rotatable bonds is 5. The summed E-state index contributed by atoms with van der Waals surface area (Å²) in [5.41, 5.74) is 0.536. The van der Waals surface area contributed by atoms with Crippen LogP contribution in [0.2, 0.25) is 0 Å². The lowest BCUT2D eigenvalue weighted by molar-refractivity contribution is -0.131. The Hall–Kier alpha value is -1.84. The standard InChI is InChI=1S/C12H15NO3/c1-3-13(2)12(15)9-16-11-6-4-5-10(7-11)8-14/h4-8H,3,9H2,1-2H3. The average molecular weight is 221 g/mol. The van der Waals surface area contributed by atoms with Crippen LogP contribution in [0, 0.1) is 0 Å². The second-order valence-electron chi connectivity index (χ2n) is 3.39. The largest absolute Gasteiger partial charge is 0.484 e. The third-order valence-corrected chi connectivity index (χ3v) is 2.26. The summed E-state index contributed by atoms with van der Waals surface area (Å²) in [7, 11) is 1.72. The fourth-order valence-corrected chi connectivity index (χ4v) is 1.11. The molecule has 4 nitrogen and oxygen atoms in total. The molecular weight excluding hydrogens is 206 g/mol. The predicted molar refractivity (Wildman–Crippen MR) is 60.6 cm³/mol. The van der Waals surface area contributed by atoms with Gasteiger partial charge in [-0.25, -0.2) is 0 Å². The number of amides is 1. The third kappa shape index (κ3) is 3.38. The zero-order valence-corrected chi connectivity index (χ0v) is 9.47. The Morgan fingerprint density at radius 2 is 2.25 bits per heavy atom. The Kier molecular flexibility index (Phi) is 4.51. The predicted octanol–water partition coefficient (Wildman–Crippen LogP) is 1.36. The smallest absolute Gasteiger partial charge is 0.260 e. The molecule has 0 N–H and O–H groups in total. The van der Waals surface area contributed by atoms with E-state index >= 15 is 0 Å². The fraction of sp³-hybridized carbons (Fsp3) is 0.333. The number of likely N-dealkylation sites (N-methyl/N-ethyl adjacent to an activating group) is 1. The lowest BCUT2D eigenvalue weighted by Gasteiger charge is -2.14. The first-order valence-electron chi connectivity index (χ1n) is 5.09. The zero-order valence-electron chi connectivity index (χ0n) is 9.47. The molecule has 1 rings (SSSR count). The van der Waals surface area contributed by atoms with Crippen LogP contribution >= 0.6 is 0 Å². The van der Waals surface area contributed by atoms with Crippen molar-refractivity contribution >= 4 is 12.2 Å². The van der Waals surface area contributed by atoms with Gasteiger partial charge in [0, 0.05) is 19.2 Å². The number of hydrogen-bond donors (Lipinski definition) is 0. The van der Waals surface area contributed by atoms with Gasteiger partial charge < -0.3 is 9.64 Å². The summed E-state index contributed by atoms with van der Waals surface area (Å²) in [5.74, 6) is 0.446. The highest BCUT2D eigenvalue weighted by Crippen LogP contribution is 2.11. The van der Waals surface area contributed by atoms with Gasteiger partial charge in [0.25, 0.3) is 5.91 Å². The molecule has 86 valence electrons. The molecular formula is C12H15NO3. The van der Waals surface area contributed by atoms with E-state index < -0.39 is 0 Å². The van der Waals surface area contributed by atoms with Crippen LogP contribution in [0.25, 0.3) is 0 Å². The molecule has 0 bridgehead atoms. The summed E-state index contributed by atoms with van der Waals surface area (Å²) in [4.78, 5) is 23.5. The maximum absolute atomic E-state index is 11.4. The number of ether oxygens (including phenoxy) is 1. The van der Waals surface area contributed by atoms with Gasteiger partial charge in [0.1, 0.15) is 12.0 Å². The maximum Gasteiger partial charge on any atom is 0.260 e. The van der Waals surface area contributed by atoms with Crippen LogP contribution in [0.1, 0.15) is 17.3 Å².